The third-order valence-electron chi connectivity index (χ3n) is 5.16. The molecular weight excluding hydrogens is 407 g/mol. The predicted molar refractivity (Wildman–Crippen MR) is 116 cm³/mol. The zero-order valence-electron chi connectivity index (χ0n) is 17.8. The van der Waals surface area contributed by atoms with Crippen molar-refractivity contribution in [3.63, 3.8) is 0 Å². The van der Waals surface area contributed by atoms with Gasteiger partial charge in [-0.3, -0.25) is 0 Å². The second kappa shape index (κ2) is 10.6. The predicted octanol–water partition coefficient (Wildman–Crippen LogP) is 6.59. The van der Waals surface area contributed by atoms with E-state index in [1.807, 2.05) is 26.8 Å². The number of benzene rings is 1. The maximum atomic E-state index is 13.7. The first-order valence-electron chi connectivity index (χ1n) is 10.4. The Kier molecular flexibility index (Phi) is 8.15. The minimum atomic E-state index is -0.912. The van der Waals surface area contributed by atoms with Crippen molar-refractivity contribution in [2.24, 2.45) is 0 Å². The van der Waals surface area contributed by atoms with Crippen LogP contribution in [0.1, 0.15) is 50.8 Å². The minimum absolute atomic E-state index is 0.0766. The summed E-state index contributed by atoms with van der Waals surface area (Å²) in [6.07, 6.45) is 4.10. The molecule has 1 fully saturated rings. The van der Waals surface area contributed by atoms with E-state index in [-0.39, 0.29) is 6.10 Å². The van der Waals surface area contributed by atoms with Gasteiger partial charge in [0.1, 0.15) is 5.75 Å². The average molecular weight is 436 g/mol. The summed E-state index contributed by atoms with van der Waals surface area (Å²) < 4.78 is 45.0. The molecule has 4 nitrogen and oxygen atoms in total. The Hall–Kier alpha value is -1.62. The number of rotatable bonds is 8. The van der Waals surface area contributed by atoms with Crippen molar-refractivity contribution in [3.8, 4) is 17.0 Å². The monoisotopic (exact) mass is 436 g/mol. The molecule has 0 N–H and O–H groups in total. The van der Waals surface area contributed by atoms with Crippen LogP contribution in [0.2, 0.25) is 0 Å². The van der Waals surface area contributed by atoms with Gasteiger partial charge in [-0.25, -0.2) is 13.8 Å². The summed E-state index contributed by atoms with van der Waals surface area (Å²) >= 11 is 0. The Balaban J connectivity index is 1.72. The van der Waals surface area contributed by atoms with Gasteiger partial charge in [0.2, 0.25) is 0 Å². The number of pyridine rings is 1. The number of hydrogen-bond donors (Lipinski definition) is 0. The van der Waals surface area contributed by atoms with Gasteiger partial charge in [-0.2, -0.15) is 0 Å². The fraction of sp³-hybridized carbons (Fsp3) is 0.478. The van der Waals surface area contributed by atoms with Crippen LogP contribution in [-0.4, -0.2) is 30.0 Å². The van der Waals surface area contributed by atoms with Crippen molar-refractivity contribution in [3.05, 3.63) is 54.1 Å². The van der Waals surface area contributed by atoms with Gasteiger partial charge in [-0.15, -0.1) is 0 Å². The lowest BCUT2D eigenvalue weighted by atomic mass is 9.97. The summed E-state index contributed by atoms with van der Waals surface area (Å²) in [5.41, 5.74) is 2.48. The van der Waals surface area contributed by atoms with E-state index < -0.39 is 20.0 Å². The molecule has 1 radical (unpaired) electrons. The van der Waals surface area contributed by atoms with Gasteiger partial charge < -0.3 is 13.8 Å². The maximum absolute atomic E-state index is 13.7. The largest absolute Gasteiger partial charge is 0.489 e. The molecule has 1 aliphatic rings. The number of aryl methyl sites for hydroxylation is 1. The molecule has 2 unspecified atom stereocenters. The number of hydrogen-bond acceptors (Lipinski definition) is 4. The Morgan fingerprint density at radius 1 is 1.10 bits per heavy atom. The molecule has 30 heavy (non-hydrogen) atoms. The Bertz CT molecular complexity index is 859. The van der Waals surface area contributed by atoms with E-state index in [1.165, 1.54) is 0 Å². The van der Waals surface area contributed by atoms with E-state index >= 15 is 0 Å². The summed E-state index contributed by atoms with van der Waals surface area (Å²) in [6.45, 7) is 10.9. The third kappa shape index (κ3) is 5.54. The molecule has 7 heteroatoms. The zero-order chi connectivity index (χ0) is 21.7. The molecule has 0 saturated heterocycles. The van der Waals surface area contributed by atoms with Crippen molar-refractivity contribution < 1.29 is 22.6 Å². The van der Waals surface area contributed by atoms with Crippen molar-refractivity contribution in [1.29, 1.82) is 0 Å². The van der Waals surface area contributed by atoms with E-state index in [9.17, 15) is 8.78 Å². The second-order valence-electron chi connectivity index (χ2n) is 7.38. The molecule has 2 atom stereocenters. The fourth-order valence-corrected chi connectivity index (χ4v) is 5.56. The molecule has 0 amide bonds. The molecule has 0 bridgehead atoms. The van der Waals surface area contributed by atoms with Gasteiger partial charge in [0.05, 0.1) is 30.7 Å². The first kappa shape index (κ1) is 23.1. The molecule has 1 aliphatic carbocycles. The van der Waals surface area contributed by atoms with Gasteiger partial charge in [-0.05, 0) is 83.2 Å². The first-order valence-corrected chi connectivity index (χ1v) is 11.7. The second-order valence-corrected chi connectivity index (χ2v) is 9.20. The van der Waals surface area contributed by atoms with E-state index in [4.69, 9.17) is 13.8 Å². The molecule has 2 aromatic rings. The van der Waals surface area contributed by atoms with Crippen LogP contribution < -0.4 is 4.74 Å². The number of halogens is 2. The van der Waals surface area contributed by atoms with Crippen LogP contribution in [0.4, 0.5) is 8.78 Å². The van der Waals surface area contributed by atoms with Crippen LogP contribution in [0.15, 0.2) is 24.3 Å². The van der Waals surface area contributed by atoms with E-state index in [2.05, 4.69) is 11.9 Å². The van der Waals surface area contributed by atoms with E-state index in [0.717, 1.165) is 37.8 Å². The SMILES string of the molecule is [CH2]c1cc(F)c(F)cc1-c1ccc(OC2CCCC(P(OCC)OCC)C2)c(C)n1. The first-order chi connectivity index (χ1) is 14.4. The standard InChI is InChI=1S/C23H29F2NO3P/c1-5-27-30(28-6-2)18-9-7-8-17(13-18)29-23-11-10-22(26-16(23)4)19-14-21(25)20(24)12-15(19)3/h10-12,14,17-18H,3,5-9,13H2,1-2,4H3. The smallest absolute Gasteiger partial charge is 0.173 e. The normalized spacial score (nSPS) is 19.3. The van der Waals surface area contributed by atoms with Gasteiger partial charge >= 0.3 is 0 Å². The van der Waals surface area contributed by atoms with Gasteiger partial charge in [-0.1, -0.05) is 0 Å². The summed E-state index contributed by atoms with van der Waals surface area (Å²) in [6, 6.07) is 5.83. The Labute approximate surface area is 178 Å². The van der Waals surface area contributed by atoms with Gasteiger partial charge in [0.15, 0.2) is 20.0 Å². The minimum Gasteiger partial charge on any atom is -0.489 e. The summed E-state index contributed by atoms with van der Waals surface area (Å²) in [7, 11) is -0.902. The Morgan fingerprint density at radius 2 is 1.80 bits per heavy atom. The zero-order valence-corrected chi connectivity index (χ0v) is 18.7. The quantitative estimate of drug-likeness (QED) is 0.438. The van der Waals surface area contributed by atoms with Crippen LogP contribution in [0.3, 0.4) is 0 Å². The highest BCUT2D eigenvalue weighted by molar-refractivity contribution is 7.48. The lowest BCUT2D eigenvalue weighted by molar-refractivity contribution is 0.147. The number of nitrogens with zero attached hydrogens (tertiary/aromatic N) is 1. The van der Waals surface area contributed by atoms with Crippen LogP contribution in [0, 0.1) is 25.5 Å². The molecule has 1 heterocycles. The summed E-state index contributed by atoms with van der Waals surface area (Å²) in [5, 5.41) is 0. The Morgan fingerprint density at radius 3 is 2.47 bits per heavy atom. The van der Waals surface area contributed by atoms with Crippen LogP contribution in [0.25, 0.3) is 11.3 Å². The summed E-state index contributed by atoms with van der Waals surface area (Å²) in [5.74, 6) is -1.12. The third-order valence-corrected chi connectivity index (χ3v) is 7.25. The molecule has 163 valence electrons. The van der Waals surface area contributed by atoms with Gasteiger partial charge in [0.25, 0.3) is 0 Å². The molecule has 0 spiro atoms. The topological polar surface area (TPSA) is 40.6 Å². The van der Waals surface area contributed by atoms with Crippen LogP contribution >= 0.6 is 8.38 Å². The molecule has 1 saturated carbocycles. The number of aromatic nitrogens is 1. The van der Waals surface area contributed by atoms with Gasteiger partial charge in [0, 0.05) is 11.2 Å². The highest BCUT2D eigenvalue weighted by Gasteiger charge is 2.31. The van der Waals surface area contributed by atoms with Crippen molar-refractivity contribution >= 4 is 8.38 Å². The number of ether oxygens (including phenoxy) is 1. The van der Waals surface area contributed by atoms with Crippen LogP contribution in [0.5, 0.6) is 5.75 Å². The van der Waals surface area contributed by atoms with Crippen molar-refractivity contribution in [2.45, 2.75) is 58.2 Å². The molecule has 3 rings (SSSR count). The molecular formula is C23H29F2NO3P. The highest BCUT2D eigenvalue weighted by Crippen LogP contribution is 2.50. The average Bonchev–Trinajstić information content (AvgIpc) is 2.72. The molecule has 1 aromatic carbocycles. The lowest BCUT2D eigenvalue weighted by Crippen LogP contribution is -2.28. The molecule has 1 aromatic heterocycles. The summed E-state index contributed by atoms with van der Waals surface area (Å²) in [4.78, 5) is 4.55. The maximum Gasteiger partial charge on any atom is 0.173 e. The lowest BCUT2D eigenvalue weighted by Gasteiger charge is -2.33. The van der Waals surface area contributed by atoms with E-state index in [0.29, 0.717) is 47.1 Å². The fourth-order valence-electron chi connectivity index (χ4n) is 3.75. The van der Waals surface area contributed by atoms with E-state index in [1.54, 1.807) is 6.07 Å². The highest BCUT2D eigenvalue weighted by atomic mass is 31.2. The van der Waals surface area contributed by atoms with Crippen LogP contribution in [-0.2, 0) is 9.05 Å². The van der Waals surface area contributed by atoms with Crippen molar-refractivity contribution in [1.82, 2.24) is 4.98 Å². The van der Waals surface area contributed by atoms with Crippen molar-refractivity contribution in [2.75, 3.05) is 13.2 Å². The molecule has 0 aliphatic heterocycles.